The highest BCUT2D eigenvalue weighted by atomic mass is 32.2. The van der Waals surface area contributed by atoms with Crippen molar-refractivity contribution in [3.8, 4) is 5.69 Å². The molecule has 0 amide bonds. The third-order valence-corrected chi connectivity index (χ3v) is 3.10. The maximum Gasteiger partial charge on any atom is 0.337 e. The molecule has 1 aromatic heterocycles. The van der Waals surface area contributed by atoms with Crippen LogP contribution in [0.4, 0.5) is 0 Å². The summed E-state index contributed by atoms with van der Waals surface area (Å²) in [5.74, 6) is -1.29. The van der Waals surface area contributed by atoms with E-state index in [1.165, 1.54) is 29.5 Å². The van der Waals surface area contributed by atoms with Crippen LogP contribution in [-0.4, -0.2) is 34.3 Å². The van der Waals surface area contributed by atoms with Crippen LogP contribution in [0.3, 0.4) is 0 Å². The Hall–Kier alpha value is -2.26. The first kappa shape index (κ1) is 12.2. The van der Waals surface area contributed by atoms with Crippen LogP contribution in [0.15, 0.2) is 35.7 Å². The number of primary sulfonamides is 1. The summed E-state index contributed by atoms with van der Waals surface area (Å²) in [4.78, 5) is 14.5. The first-order valence-corrected chi connectivity index (χ1v) is 6.19. The maximum atomic E-state index is 11.2. The molecule has 0 spiro atoms. The summed E-state index contributed by atoms with van der Waals surface area (Å²) in [6, 6.07) is 3.49. The van der Waals surface area contributed by atoms with Gasteiger partial charge in [0.05, 0.1) is 16.1 Å². The van der Waals surface area contributed by atoms with Crippen LogP contribution in [0.1, 0.15) is 10.4 Å². The van der Waals surface area contributed by atoms with Gasteiger partial charge in [0.2, 0.25) is 10.0 Å². The molecule has 0 aliphatic carbocycles. The van der Waals surface area contributed by atoms with E-state index in [2.05, 4.69) is 10.1 Å². The Kier molecular flexibility index (Phi) is 2.85. The highest BCUT2D eigenvalue weighted by Crippen LogP contribution is 2.18. The molecule has 2 aromatic rings. The monoisotopic (exact) mass is 268 g/mol. The van der Waals surface area contributed by atoms with Crippen molar-refractivity contribution in [2.75, 3.05) is 0 Å². The smallest absolute Gasteiger partial charge is 0.337 e. The Morgan fingerprint density at radius 1 is 1.39 bits per heavy atom. The summed E-state index contributed by atoms with van der Waals surface area (Å²) < 4.78 is 23.5. The van der Waals surface area contributed by atoms with Crippen LogP contribution >= 0.6 is 0 Å². The number of hydrogen-bond donors (Lipinski definition) is 2. The van der Waals surface area contributed by atoms with Gasteiger partial charge < -0.3 is 5.11 Å². The fourth-order valence-electron chi connectivity index (χ4n) is 1.40. The van der Waals surface area contributed by atoms with Crippen molar-refractivity contribution in [1.82, 2.24) is 14.8 Å². The minimum atomic E-state index is -3.95. The molecule has 8 nitrogen and oxygen atoms in total. The number of carboxylic acids is 1. The number of carbonyl (C=O) groups is 1. The van der Waals surface area contributed by atoms with Gasteiger partial charge in [0.25, 0.3) is 0 Å². The van der Waals surface area contributed by atoms with Gasteiger partial charge in [-0.1, -0.05) is 0 Å². The van der Waals surface area contributed by atoms with Gasteiger partial charge in [-0.3, -0.25) is 0 Å². The lowest BCUT2D eigenvalue weighted by Gasteiger charge is -2.07. The number of nitrogens with zero attached hydrogens (tertiary/aromatic N) is 3. The maximum absolute atomic E-state index is 11.2. The minimum absolute atomic E-state index is 0.201. The van der Waals surface area contributed by atoms with Crippen LogP contribution in [0.2, 0.25) is 0 Å². The molecule has 0 atom stereocenters. The number of sulfonamides is 1. The number of nitrogens with two attached hydrogens (primary N) is 1. The molecule has 1 aromatic carbocycles. The highest BCUT2D eigenvalue weighted by Gasteiger charge is 2.17. The summed E-state index contributed by atoms with van der Waals surface area (Å²) in [7, 11) is -3.95. The fourth-order valence-corrected chi connectivity index (χ4v) is 1.94. The Morgan fingerprint density at radius 2 is 2.11 bits per heavy atom. The highest BCUT2D eigenvalue weighted by molar-refractivity contribution is 7.89. The molecule has 0 radical (unpaired) electrons. The van der Waals surface area contributed by atoms with E-state index in [9.17, 15) is 13.2 Å². The van der Waals surface area contributed by atoms with Crippen LogP contribution in [0.5, 0.6) is 0 Å². The molecule has 0 aliphatic heterocycles. The molecular weight excluding hydrogens is 260 g/mol. The lowest BCUT2D eigenvalue weighted by molar-refractivity contribution is 0.0696. The molecule has 0 fully saturated rings. The van der Waals surface area contributed by atoms with Gasteiger partial charge in [0, 0.05) is 0 Å². The largest absolute Gasteiger partial charge is 0.478 e. The Balaban J connectivity index is 2.67. The van der Waals surface area contributed by atoms with Crippen molar-refractivity contribution in [2.45, 2.75) is 4.90 Å². The van der Waals surface area contributed by atoms with Gasteiger partial charge in [-0.15, -0.1) is 0 Å². The molecule has 94 valence electrons. The molecule has 18 heavy (non-hydrogen) atoms. The molecule has 1 heterocycles. The van der Waals surface area contributed by atoms with E-state index in [4.69, 9.17) is 10.2 Å². The van der Waals surface area contributed by atoms with Crippen LogP contribution in [-0.2, 0) is 10.0 Å². The van der Waals surface area contributed by atoms with E-state index in [0.29, 0.717) is 0 Å². The Labute approximate surface area is 102 Å². The SMILES string of the molecule is NS(=O)(=O)c1ccc(-n2cncn2)c(C(=O)O)c1. The quantitative estimate of drug-likeness (QED) is 0.780. The lowest BCUT2D eigenvalue weighted by Crippen LogP contribution is -2.14. The third-order valence-electron chi connectivity index (χ3n) is 2.19. The average Bonchev–Trinajstić information content (AvgIpc) is 2.80. The number of rotatable bonds is 3. The molecule has 2 rings (SSSR count). The van der Waals surface area contributed by atoms with Crippen molar-refractivity contribution < 1.29 is 18.3 Å². The van der Waals surface area contributed by atoms with E-state index in [1.807, 2.05) is 0 Å². The second-order valence-electron chi connectivity index (χ2n) is 3.37. The van der Waals surface area contributed by atoms with Crippen molar-refractivity contribution in [3.05, 3.63) is 36.4 Å². The molecular formula is C9H8N4O4S. The van der Waals surface area contributed by atoms with E-state index < -0.39 is 16.0 Å². The molecule has 0 saturated carbocycles. The zero-order valence-corrected chi connectivity index (χ0v) is 9.70. The van der Waals surface area contributed by atoms with Gasteiger partial charge in [-0.2, -0.15) is 5.10 Å². The van der Waals surface area contributed by atoms with Crippen LogP contribution in [0, 0.1) is 0 Å². The molecule has 9 heteroatoms. The summed E-state index contributed by atoms with van der Waals surface area (Å²) >= 11 is 0. The number of aromatic carboxylic acids is 1. The van der Waals surface area contributed by atoms with E-state index >= 15 is 0 Å². The number of aromatic nitrogens is 3. The van der Waals surface area contributed by atoms with Gasteiger partial charge in [-0.25, -0.2) is 28.0 Å². The van der Waals surface area contributed by atoms with E-state index in [-0.39, 0.29) is 16.1 Å². The normalized spacial score (nSPS) is 11.4. The second kappa shape index (κ2) is 4.20. The van der Waals surface area contributed by atoms with Crippen molar-refractivity contribution in [1.29, 1.82) is 0 Å². The van der Waals surface area contributed by atoms with Gasteiger partial charge in [0.15, 0.2) is 0 Å². The minimum Gasteiger partial charge on any atom is -0.478 e. The predicted octanol–water partition coefficient (Wildman–Crippen LogP) is -0.387. The standard InChI is InChI=1S/C9H8N4O4S/c10-18(16,17)6-1-2-8(7(3-6)9(14)15)13-5-11-4-12-13/h1-5H,(H,14,15)(H2,10,16,17). The summed E-state index contributed by atoms with van der Waals surface area (Å²) in [5.41, 5.74) is -0.0283. The first-order chi connectivity index (χ1) is 8.39. The van der Waals surface area contributed by atoms with Crippen LogP contribution < -0.4 is 5.14 Å². The molecule has 0 saturated heterocycles. The van der Waals surface area contributed by atoms with Crippen LogP contribution in [0.25, 0.3) is 5.69 Å². The van der Waals surface area contributed by atoms with Crippen molar-refractivity contribution in [3.63, 3.8) is 0 Å². The first-order valence-electron chi connectivity index (χ1n) is 4.65. The third kappa shape index (κ3) is 2.21. The Morgan fingerprint density at radius 3 is 2.61 bits per heavy atom. The van der Waals surface area contributed by atoms with E-state index in [1.54, 1.807) is 0 Å². The molecule has 0 bridgehead atoms. The summed E-state index contributed by atoms with van der Waals surface area (Å²) in [6.07, 6.45) is 2.54. The molecule has 3 N–H and O–H groups in total. The van der Waals surface area contributed by atoms with Crippen molar-refractivity contribution >= 4 is 16.0 Å². The van der Waals surface area contributed by atoms with Gasteiger partial charge in [0.1, 0.15) is 12.7 Å². The number of benzene rings is 1. The topological polar surface area (TPSA) is 128 Å². The van der Waals surface area contributed by atoms with Gasteiger partial charge in [-0.05, 0) is 18.2 Å². The summed E-state index contributed by atoms with van der Waals surface area (Å²) in [5, 5.41) is 17.8. The zero-order valence-electron chi connectivity index (χ0n) is 8.89. The number of carboxylic acid groups (broad SMARTS) is 1. The average molecular weight is 268 g/mol. The second-order valence-corrected chi connectivity index (χ2v) is 4.93. The molecule has 0 aliphatic rings. The van der Waals surface area contributed by atoms with Gasteiger partial charge >= 0.3 is 5.97 Å². The summed E-state index contributed by atoms with van der Waals surface area (Å²) in [6.45, 7) is 0. The lowest BCUT2D eigenvalue weighted by atomic mass is 10.2. The van der Waals surface area contributed by atoms with E-state index in [0.717, 1.165) is 6.07 Å². The fraction of sp³-hybridized carbons (Fsp3) is 0. The predicted molar refractivity (Wildman–Crippen MR) is 59.7 cm³/mol. The van der Waals surface area contributed by atoms with Crippen molar-refractivity contribution in [2.24, 2.45) is 5.14 Å². The Bertz CT molecular complexity index is 693. The zero-order chi connectivity index (χ0) is 13.3. The molecule has 0 unspecified atom stereocenters. The number of hydrogen-bond acceptors (Lipinski definition) is 5.